The van der Waals surface area contributed by atoms with E-state index >= 15 is 0 Å². The Labute approximate surface area is 110 Å². The summed E-state index contributed by atoms with van der Waals surface area (Å²) in [6, 6.07) is 7.88. The van der Waals surface area contributed by atoms with Gasteiger partial charge in [0.2, 0.25) is 0 Å². The van der Waals surface area contributed by atoms with Crippen LogP contribution in [0.3, 0.4) is 0 Å². The smallest absolute Gasteiger partial charge is 0.313 e. The lowest BCUT2D eigenvalue weighted by Gasteiger charge is -2.13. The number of carboxylic acids is 1. The maximum atomic E-state index is 10.8. The number of carboxylic acid groups (broad SMARTS) is 1. The van der Waals surface area contributed by atoms with Crippen molar-refractivity contribution in [3.63, 3.8) is 0 Å². The van der Waals surface area contributed by atoms with Gasteiger partial charge in [-0.2, -0.15) is 0 Å². The van der Waals surface area contributed by atoms with Gasteiger partial charge in [0.15, 0.2) is 0 Å². The predicted molar refractivity (Wildman–Crippen MR) is 74.2 cm³/mol. The average Bonchev–Trinajstić information content (AvgIpc) is 2.35. The maximum Gasteiger partial charge on any atom is 0.313 e. The standard InChI is InChI=1S/C14H15NO2S/c1-3-10-9(2)15-12-7-5-4-6-11(12)14(10)18-8-13(16)17/h4-7H,3,8H2,1-2H3,(H,16,17). The lowest BCUT2D eigenvalue weighted by atomic mass is 10.1. The first-order valence-electron chi connectivity index (χ1n) is 5.86. The van der Waals surface area contributed by atoms with E-state index in [1.54, 1.807) is 0 Å². The number of nitrogens with zero attached hydrogens (tertiary/aromatic N) is 1. The molecule has 0 aliphatic rings. The van der Waals surface area contributed by atoms with Crippen LogP contribution >= 0.6 is 11.8 Å². The molecule has 2 aromatic rings. The van der Waals surface area contributed by atoms with Gasteiger partial charge in [0.1, 0.15) is 0 Å². The van der Waals surface area contributed by atoms with Crippen LogP contribution in [-0.4, -0.2) is 21.8 Å². The molecular weight excluding hydrogens is 246 g/mol. The van der Waals surface area contributed by atoms with Crippen molar-refractivity contribution < 1.29 is 9.90 Å². The number of fused-ring (bicyclic) bond motifs is 1. The predicted octanol–water partition coefficient (Wildman–Crippen LogP) is 3.28. The van der Waals surface area contributed by atoms with E-state index in [2.05, 4.69) is 11.9 Å². The Morgan fingerprint density at radius 2 is 2.11 bits per heavy atom. The van der Waals surface area contributed by atoms with Crippen LogP contribution in [0.5, 0.6) is 0 Å². The highest BCUT2D eigenvalue weighted by atomic mass is 32.2. The van der Waals surface area contributed by atoms with E-state index in [-0.39, 0.29) is 5.75 Å². The van der Waals surface area contributed by atoms with Crippen molar-refractivity contribution in [3.8, 4) is 0 Å². The van der Waals surface area contributed by atoms with Crippen LogP contribution in [0.25, 0.3) is 10.9 Å². The van der Waals surface area contributed by atoms with Crippen LogP contribution < -0.4 is 0 Å². The molecule has 0 aliphatic heterocycles. The SMILES string of the molecule is CCc1c(C)nc2ccccc2c1SCC(=O)O. The van der Waals surface area contributed by atoms with Crippen LogP contribution in [0.1, 0.15) is 18.2 Å². The normalized spacial score (nSPS) is 10.8. The number of aryl methyl sites for hydroxylation is 1. The van der Waals surface area contributed by atoms with Crippen molar-refractivity contribution in [2.45, 2.75) is 25.2 Å². The summed E-state index contributed by atoms with van der Waals surface area (Å²) in [5, 5.41) is 9.89. The van der Waals surface area contributed by atoms with E-state index in [0.29, 0.717) is 0 Å². The molecule has 18 heavy (non-hydrogen) atoms. The topological polar surface area (TPSA) is 50.2 Å². The fourth-order valence-electron chi connectivity index (χ4n) is 2.05. The molecule has 1 N–H and O–H groups in total. The number of rotatable bonds is 4. The van der Waals surface area contributed by atoms with Crippen molar-refractivity contribution >= 4 is 28.6 Å². The summed E-state index contributed by atoms with van der Waals surface area (Å²) in [6.07, 6.45) is 0.867. The van der Waals surface area contributed by atoms with Gasteiger partial charge in [-0.25, -0.2) is 0 Å². The van der Waals surface area contributed by atoms with Gasteiger partial charge >= 0.3 is 5.97 Å². The minimum Gasteiger partial charge on any atom is -0.481 e. The van der Waals surface area contributed by atoms with Crippen molar-refractivity contribution in [1.82, 2.24) is 4.98 Å². The number of aromatic nitrogens is 1. The molecule has 0 spiro atoms. The third-order valence-electron chi connectivity index (χ3n) is 2.84. The van der Waals surface area contributed by atoms with Gasteiger partial charge in [0, 0.05) is 16.0 Å². The summed E-state index contributed by atoms with van der Waals surface area (Å²) in [4.78, 5) is 16.4. The zero-order valence-electron chi connectivity index (χ0n) is 10.4. The lowest BCUT2D eigenvalue weighted by molar-refractivity contribution is -0.133. The molecule has 0 atom stereocenters. The number of hydrogen-bond donors (Lipinski definition) is 1. The summed E-state index contributed by atoms with van der Waals surface area (Å²) in [5.41, 5.74) is 3.07. The van der Waals surface area contributed by atoms with Crippen LogP contribution in [-0.2, 0) is 11.2 Å². The summed E-state index contributed by atoms with van der Waals surface area (Å²) in [7, 11) is 0. The van der Waals surface area contributed by atoms with Gasteiger partial charge < -0.3 is 5.11 Å². The van der Waals surface area contributed by atoms with Crippen LogP contribution in [0.2, 0.25) is 0 Å². The fourth-order valence-corrected chi connectivity index (χ4v) is 3.12. The number of pyridine rings is 1. The van der Waals surface area contributed by atoms with Crippen molar-refractivity contribution in [2.75, 3.05) is 5.75 Å². The lowest BCUT2D eigenvalue weighted by Crippen LogP contribution is -2.01. The number of aliphatic carboxylic acids is 1. The van der Waals surface area contributed by atoms with Gasteiger partial charge in [0.25, 0.3) is 0 Å². The summed E-state index contributed by atoms with van der Waals surface area (Å²) >= 11 is 1.38. The van der Waals surface area contributed by atoms with E-state index in [1.807, 2.05) is 31.2 Å². The number of benzene rings is 1. The molecule has 0 fully saturated rings. The van der Waals surface area contributed by atoms with E-state index < -0.39 is 5.97 Å². The van der Waals surface area contributed by atoms with Crippen molar-refractivity contribution in [1.29, 1.82) is 0 Å². The molecule has 0 amide bonds. The van der Waals surface area contributed by atoms with Gasteiger partial charge in [0.05, 0.1) is 11.3 Å². The number of carbonyl (C=O) groups is 1. The highest BCUT2D eigenvalue weighted by Crippen LogP contribution is 2.32. The summed E-state index contributed by atoms with van der Waals surface area (Å²) in [5.74, 6) is -0.707. The zero-order valence-corrected chi connectivity index (χ0v) is 11.3. The fraction of sp³-hybridized carbons (Fsp3) is 0.286. The first-order valence-corrected chi connectivity index (χ1v) is 6.84. The number of hydrogen-bond acceptors (Lipinski definition) is 3. The van der Waals surface area contributed by atoms with Crippen molar-refractivity contribution in [2.24, 2.45) is 0 Å². The van der Waals surface area contributed by atoms with E-state index in [4.69, 9.17) is 5.11 Å². The molecule has 0 saturated heterocycles. The van der Waals surface area contributed by atoms with Gasteiger partial charge in [-0.15, -0.1) is 11.8 Å². The first-order chi connectivity index (χ1) is 8.63. The maximum absolute atomic E-state index is 10.8. The number of thioether (sulfide) groups is 1. The third kappa shape index (κ3) is 2.48. The molecule has 0 unspecified atom stereocenters. The second kappa shape index (κ2) is 5.40. The molecule has 0 radical (unpaired) electrons. The monoisotopic (exact) mass is 261 g/mol. The Hall–Kier alpha value is -1.55. The molecule has 1 aromatic carbocycles. The molecule has 94 valence electrons. The van der Waals surface area contributed by atoms with Crippen LogP contribution in [0.4, 0.5) is 0 Å². The second-order valence-electron chi connectivity index (χ2n) is 4.06. The Balaban J connectivity index is 2.60. The second-order valence-corrected chi connectivity index (χ2v) is 5.04. The summed E-state index contributed by atoms with van der Waals surface area (Å²) in [6.45, 7) is 4.06. The quantitative estimate of drug-likeness (QED) is 0.858. The van der Waals surface area contributed by atoms with Gasteiger partial charge in [-0.1, -0.05) is 25.1 Å². The Bertz CT molecular complexity index is 596. The number of para-hydroxylation sites is 1. The molecule has 0 bridgehead atoms. The minimum absolute atomic E-state index is 0.0838. The molecular formula is C14H15NO2S. The first kappa shape index (κ1) is 12.9. The molecule has 4 heteroatoms. The van der Waals surface area contributed by atoms with E-state index in [1.165, 1.54) is 11.8 Å². The highest BCUT2D eigenvalue weighted by molar-refractivity contribution is 8.00. The third-order valence-corrected chi connectivity index (χ3v) is 3.99. The molecule has 2 rings (SSSR count). The Kier molecular flexibility index (Phi) is 3.87. The Morgan fingerprint density at radius 1 is 1.39 bits per heavy atom. The van der Waals surface area contributed by atoms with Crippen LogP contribution in [0.15, 0.2) is 29.2 Å². The molecule has 3 nitrogen and oxygen atoms in total. The largest absolute Gasteiger partial charge is 0.481 e. The summed E-state index contributed by atoms with van der Waals surface area (Å²) < 4.78 is 0. The Morgan fingerprint density at radius 3 is 2.78 bits per heavy atom. The van der Waals surface area contributed by atoms with Gasteiger partial charge in [-0.05, 0) is 25.0 Å². The molecule has 1 heterocycles. The van der Waals surface area contributed by atoms with E-state index in [0.717, 1.165) is 33.5 Å². The minimum atomic E-state index is -0.791. The molecule has 0 aliphatic carbocycles. The highest BCUT2D eigenvalue weighted by Gasteiger charge is 2.12. The molecule has 0 saturated carbocycles. The zero-order chi connectivity index (χ0) is 13.1. The van der Waals surface area contributed by atoms with Gasteiger partial charge in [-0.3, -0.25) is 9.78 Å². The van der Waals surface area contributed by atoms with Crippen LogP contribution in [0, 0.1) is 6.92 Å². The molecule has 1 aromatic heterocycles. The van der Waals surface area contributed by atoms with Crippen molar-refractivity contribution in [3.05, 3.63) is 35.5 Å². The van der Waals surface area contributed by atoms with E-state index in [9.17, 15) is 4.79 Å². The average molecular weight is 261 g/mol.